The maximum Gasteiger partial charge on any atom is 0.198 e. The Morgan fingerprint density at radius 2 is 1.29 bits per heavy atom. The highest BCUT2D eigenvalue weighted by Gasteiger charge is 2.42. The molecule has 2 heterocycles. The van der Waals surface area contributed by atoms with Gasteiger partial charge in [0.2, 0.25) is 0 Å². The Bertz CT molecular complexity index is 3000. The van der Waals surface area contributed by atoms with Crippen molar-refractivity contribution in [2.75, 3.05) is 9.80 Å². The van der Waals surface area contributed by atoms with E-state index < -0.39 is 0 Å². The second-order valence-corrected chi connectivity index (χ2v) is 26.7. The van der Waals surface area contributed by atoms with E-state index in [4.69, 9.17) is 0 Å². The lowest BCUT2D eigenvalue weighted by Crippen LogP contribution is -2.34. The second kappa shape index (κ2) is 17.1. The van der Waals surface area contributed by atoms with E-state index in [0.717, 1.165) is 12.8 Å². The van der Waals surface area contributed by atoms with Crippen LogP contribution in [0.5, 0.6) is 0 Å². The number of nitrogens with zero attached hydrogens (tertiary/aromatic N) is 2. The van der Waals surface area contributed by atoms with Gasteiger partial charge in [0.05, 0.1) is 5.00 Å². The smallest absolute Gasteiger partial charge is 0.198 e. The Balaban J connectivity index is 1.43. The summed E-state index contributed by atoms with van der Waals surface area (Å²) in [5.74, 6) is 0.525. The first kappa shape index (κ1) is 49.4. The lowest BCUT2D eigenvalue weighted by molar-refractivity contribution is 0.332. The summed E-state index contributed by atoms with van der Waals surface area (Å²) >= 11 is 1.99. The van der Waals surface area contributed by atoms with E-state index in [2.05, 4.69) is 233 Å². The number of fused-ring (bicyclic) bond motifs is 8. The van der Waals surface area contributed by atoms with Crippen LogP contribution in [0.15, 0.2) is 119 Å². The van der Waals surface area contributed by atoms with Crippen molar-refractivity contribution >= 4 is 61.8 Å². The molecule has 2 nitrogen and oxygen atoms in total. The summed E-state index contributed by atoms with van der Waals surface area (Å²) in [6, 6.07) is 31.4. The molecule has 0 spiro atoms. The van der Waals surface area contributed by atoms with Crippen molar-refractivity contribution < 1.29 is 0 Å². The summed E-state index contributed by atoms with van der Waals surface area (Å²) in [5.41, 5.74) is 22.0. The number of allylic oxidation sites excluding steroid dienone is 8. The number of rotatable bonds is 7. The van der Waals surface area contributed by atoms with Gasteiger partial charge in [-0.05, 0) is 185 Å². The van der Waals surface area contributed by atoms with Crippen LogP contribution >= 0.6 is 11.3 Å². The molecule has 2 bridgehead atoms. The standard InChI is InChI=1S/C65H82BN2S/c1-19-49-57(47-26-21-22-27-50(47)65(49,17)18)42(6)67-41(5)55(35-43(34-40(3)4)60(7,8)20-2)66-58-48-38-53-54(64(15,16)33-32-63(53,13)14)39-56(48)69-59(58)68(45-25-23-24-44(67)36-45)46-28-29-51-52(37-46)62(11,12)31-30-61(51,9)10/h19,21-29,35-40H,20,30-34H2,1-18H3/b43-35+,49-19+,55-41-,57-42+. The maximum atomic E-state index is 2.65. The number of anilines is 4. The first-order valence-corrected chi connectivity index (χ1v) is 27.3. The Kier molecular flexibility index (Phi) is 12.2. The summed E-state index contributed by atoms with van der Waals surface area (Å²) in [4.78, 5) is 5.27. The topological polar surface area (TPSA) is 6.48 Å². The van der Waals surface area contributed by atoms with Crippen molar-refractivity contribution in [2.45, 2.75) is 190 Å². The summed E-state index contributed by atoms with van der Waals surface area (Å²) in [6.45, 7) is 43.6. The van der Waals surface area contributed by atoms with E-state index in [-0.39, 0.29) is 32.5 Å². The van der Waals surface area contributed by atoms with Gasteiger partial charge in [-0.2, -0.15) is 0 Å². The minimum Gasteiger partial charge on any atom is -0.318 e. The molecule has 4 aliphatic rings. The highest BCUT2D eigenvalue weighted by atomic mass is 32.1. The van der Waals surface area contributed by atoms with Gasteiger partial charge in [0, 0.05) is 44.1 Å². The van der Waals surface area contributed by atoms with E-state index in [1.807, 2.05) is 11.3 Å². The Morgan fingerprint density at radius 3 is 1.91 bits per heavy atom. The van der Waals surface area contributed by atoms with Gasteiger partial charge in [-0.25, -0.2) is 0 Å². The lowest BCUT2D eigenvalue weighted by atomic mass is 9.59. The molecule has 0 N–H and O–H groups in total. The third-order valence-corrected chi connectivity index (χ3v) is 19.0. The van der Waals surface area contributed by atoms with E-state index in [1.165, 1.54) is 130 Å². The maximum absolute atomic E-state index is 2.65. The molecule has 1 aromatic heterocycles. The molecule has 0 fully saturated rings. The van der Waals surface area contributed by atoms with Crippen LogP contribution < -0.4 is 15.3 Å². The molecule has 4 aromatic carbocycles. The highest BCUT2D eigenvalue weighted by molar-refractivity contribution is 7.25. The Morgan fingerprint density at radius 1 is 0.710 bits per heavy atom. The van der Waals surface area contributed by atoms with Gasteiger partial charge in [0.15, 0.2) is 7.28 Å². The molecule has 0 saturated carbocycles. The monoisotopic (exact) mass is 934 g/mol. The van der Waals surface area contributed by atoms with Crippen LogP contribution in [0.3, 0.4) is 0 Å². The third kappa shape index (κ3) is 8.25. The number of benzene rings is 4. The summed E-state index contributed by atoms with van der Waals surface area (Å²) in [5, 5.41) is 2.65. The largest absolute Gasteiger partial charge is 0.318 e. The zero-order chi connectivity index (χ0) is 50.0. The number of hydrogen-bond donors (Lipinski definition) is 0. The van der Waals surface area contributed by atoms with Crippen LogP contribution in [-0.4, -0.2) is 7.28 Å². The van der Waals surface area contributed by atoms with Crippen LogP contribution in [-0.2, 0) is 27.1 Å². The molecule has 1 aliphatic heterocycles. The molecule has 3 aliphatic carbocycles. The molecule has 361 valence electrons. The van der Waals surface area contributed by atoms with E-state index >= 15 is 0 Å². The second-order valence-electron chi connectivity index (χ2n) is 25.7. The Hall–Kier alpha value is -4.54. The third-order valence-electron chi connectivity index (χ3n) is 17.9. The van der Waals surface area contributed by atoms with Crippen molar-refractivity contribution in [1.29, 1.82) is 0 Å². The SMILES string of the molecule is C/C=C1\C(=C(/C)N2/C(C)=C(/C=C(\CC(C)C)C(C)(C)CC)[B]c3c(sc4cc5c(cc34)C(C)(C)CCC5(C)C)N(c3ccc4c(c3)C(C)(C)CCC4(C)C)c3cccc2c3)c2ccccc2C1(C)C. The van der Waals surface area contributed by atoms with Gasteiger partial charge in [-0.1, -0.05) is 163 Å². The predicted molar refractivity (Wildman–Crippen MR) is 305 cm³/mol. The highest BCUT2D eigenvalue weighted by Crippen LogP contribution is 2.55. The molecule has 5 aromatic rings. The van der Waals surface area contributed by atoms with Gasteiger partial charge < -0.3 is 9.80 Å². The Labute approximate surface area is 423 Å². The molecule has 4 heteroatoms. The number of hydrogen-bond acceptors (Lipinski definition) is 3. The zero-order valence-electron chi connectivity index (χ0n) is 45.9. The van der Waals surface area contributed by atoms with Crippen molar-refractivity contribution in [2.24, 2.45) is 11.3 Å². The summed E-state index contributed by atoms with van der Waals surface area (Å²) in [7, 11) is 2.63. The molecule has 69 heavy (non-hydrogen) atoms. The normalized spacial score (nSPS) is 22.5. The van der Waals surface area contributed by atoms with E-state index in [9.17, 15) is 0 Å². The minimum atomic E-state index is -0.124. The van der Waals surface area contributed by atoms with Crippen LogP contribution in [0, 0.1) is 11.3 Å². The van der Waals surface area contributed by atoms with Gasteiger partial charge >= 0.3 is 0 Å². The average Bonchev–Trinajstić information content (AvgIpc) is 3.75. The molecular formula is C65H82BN2S. The van der Waals surface area contributed by atoms with Gasteiger partial charge in [-0.3, -0.25) is 0 Å². The predicted octanol–water partition coefficient (Wildman–Crippen LogP) is 18.5. The fourth-order valence-corrected chi connectivity index (χ4v) is 14.0. The average molecular weight is 934 g/mol. The lowest BCUT2D eigenvalue weighted by Gasteiger charge is -2.42. The van der Waals surface area contributed by atoms with Crippen LogP contribution in [0.25, 0.3) is 15.7 Å². The zero-order valence-corrected chi connectivity index (χ0v) is 46.7. The molecule has 1 radical (unpaired) electrons. The first-order chi connectivity index (χ1) is 32.2. The van der Waals surface area contributed by atoms with E-state index in [1.54, 1.807) is 0 Å². The number of thiophene rings is 1. The fourth-order valence-electron chi connectivity index (χ4n) is 12.8. The quantitative estimate of drug-likeness (QED) is 0.150. The molecule has 0 unspecified atom stereocenters. The van der Waals surface area contributed by atoms with Crippen molar-refractivity contribution in [1.82, 2.24) is 0 Å². The summed E-state index contributed by atoms with van der Waals surface area (Å²) in [6.07, 6.45) is 11.9. The molecular weight excluding hydrogens is 852 g/mol. The van der Waals surface area contributed by atoms with Gasteiger partial charge in [0.1, 0.15) is 0 Å². The van der Waals surface area contributed by atoms with Gasteiger partial charge in [-0.15, -0.1) is 11.3 Å². The van der Waals surface area contributed by atoms with Crippen molar-refractivity contribution in [3.63, 3.8) is 0 Å². The first-order valence-electron chi connectivity index (χ1n) is 26.5. The minimum absolute atomic E-state index is 0.0233. The molecule has 0 atom stereocenters. The summed E-state index contributed by atoms with van der Waals surface area (Å²) < 4.78 is 1.37. The van der Waals surface area contributed by atoms with Crippen molar-refractivity contribution in [3.05, 3.63) is 152 Å². The molecule has 0 amide bonds. The van der Waals surface area contributed by atoms with E-state index in [0.29, 0.717) is 5.92 Å². The van der Waals surface area contributed by atoms with Crippen LogP contribution in [0.4, 0.5) is 22.1 Å². The van der Waals surface area contributed by atoms with Crippen LogP contribution in [0.2, 0.25) is 0 Å². The van der Waals surface area contributed by atoms with Crippen molar-refractivity contribution in [3.8, 4) is 0 Å². The van der Waals surface area contributed by atoms with Crippen LogP contribution in [0.1, 0.15) is 197 Å². The van der Waals surface area contributed by atoms with Gasteiger partial charge in [0.25, 0.3) is 0 Å². The molecule has 0 saturated heterocycles. The fraction of sp³-hybridized carbons (Fsp3) is 0.477. The molecule has 9 rings (SSSR count).